The number of anilines is 1. The maximum absolute atomic E-state index is 12.7. The molecule has 3 aromatic heterocycles. The minimum Gasteiger partial charge on any atom is -0.444 e. The van der Waals surface area contributed by atoms with Crippen LogP contribution in [-0.4, -0.2) is 37.8 Å². The predicted molar refractivity (Wildman–Crippen MR) is 151 cm³/mol. The maximum Gasteiger partial charge on any atom is 0.413 e. The fraction of sp³-hybridized carbons (Fsp3) is 0.308. The van der Waals surface area contributed by atoms with E-state index in [2.05, 4.69) is 53.4 Å². The molecule has 0 aliphatic heterocycles. The van der Waals surface area contributed by atoms with E-state index in [0.29, 0.717) is 28.8 Å². The van der Waals surface area contributed by atoms with E-state index in [0.717, 1.165) is 31.2 Å². The van der Waals surface area contributed by atoms with Gasteiger partial charge in [-0.25, -0.2) is 9.78 Å². The molecule has 0 saturated carbocycles. The van der Waals surface area contributed by atoms with Crippen molar-refractivity contribution in [3.8, 4) is 0 Å². The molecule has 0 radical (unpaired) electrons. The lowest BCUT2D eigenvalue weighted by Crippen LogP contribution is -2.28. The van der Waals surface area contributed by atoms with E-state index < -0.39 is 17.6 Å². The van der Waals surface area contributed by atoms with E-state index in [1.165, 1.54) is 0 Å². The first-order valence-electron chi connectivity index (χ1n) is 11.7. The number of carbonyl (C=O) groups excluding carboxylic acids is 2. The van der Waals surface area contributed by atoms with E-state index in [-0.39, 0.29) is 12.4 Å². The molecular weight excluding hydrogens is 623 g/mol. The van der Waals surface area contributed by atoms with Crippen LogP contribution < -0.4 is 10.6 Å². The average molecular weight is 649 g/mol. The van der Waals surface area contributed by atoms with Gasteiger partial charge in [0.1, 0.15) is 11.4 Å². The third kappa shape index (κ3) is 6.95. The first-order valence-corrected chi connectivity index (χ1v) is 13.1. The quantitative estimate of drug-likeness (QED) is 0.253. The van der Waals surface area contributed by atoms with E-state index in [4.69, 9.17) is 20.8 Å². The molecule has 1 aromatic carbocycles. The molecule has 4 aromatic rings. The van der Waals surface area contributed by atoms with Crippen LogP contribution in [-0.2, 0) is 17.7 Å². The van der Waals surface area contributed by atoms with Crippen molar-refractivity contribution in [2.75, 3.05) is 5.32 Å². The van der Waals surface area contributed by atoms with Crippen molar-refractivity contribution in [3.05, 3.63) is 73.2 Å². The Labute approximate surface area is 238 Å². The number of hydrogen-bond donors (Lipinski definition) is 2. The molecule has 0 aliphatic carbocycles. The number of hydrogen-bond acceptors (Lipinski definition) is 8. The lowest BCUT2D eigenvalue weighted by Gasteiger charge is -2.20. The lowest BCUT2D eigenvalue weighted by atomic mass is 10.1. The van der Waals surface area contributed by atoms with E-state index >= 15 is 0 Å². The molecule has 12 heteroatoms. The predicted octanol–water partition coefficient (Wildman–Crippen LogP) is 5.76. The summed E-state index contributed by atoms with van der Waals surface area (Å²) in [5, 5.41) is 14.8. The van der Waals surface area contributed by atoms with Gasteiger partial charge in [-0.15, -0.1) is 10.2 Å². The molecule has 0 saturated heterocycles. The molecule has 0 aliphatic rings. The number of aromatic nitrogens is 4. The lowest BCUT2D eigenvalue weighted by molar-refractivity contribution is 0.0635. The highest BCUT2D eigenvalue weighted by molar-refractivity contribution is 14.1. The van der Waals surface area contributed by atoms with Crippen LogP contribution in [0.1, 0.15) is 59.7 Å². The van der Waals surface area contributed by atoms with Crippen molar-refractivity contribution in [3.63, 3.8) is 0 Å². The largest absolute Gasteiger partial charge is 0.444 e. The van der Waals surface area contributed by atoms with Crippen LogP contribution in [0.3, 0.4) is 0 Å². The molecule has 0 fully saturated rings. The van der Waals surface area contributed by atoms with E-state index in [1.807, 2.05) is 25.1 Å². The third-order valence-electron chi connectivity index (χ3n) is 5.39. The van der Waals surface area contributed by atoms with Crippen molar-refractivity contribution in [2.24, 2.45) is 0 Å². The molecule has 0 unspecified atom stereocenters. The van der Waals surface area contributed by atoms with Gasteiger partial charge in [-0.05, 0) is 98.2 Å². The van der Waals surface area contributed by atoms with Gasteiger partial charge in [-0.1, -0.05) is 11.6 Å². The number of nitrogens with zero attached hydrogens (tertiary/aromatic N) is 4. The zero-order valence-electron chi connectivity index (χ0n) is 21.5. The number of rotatable bonds is 6. The van der Waals surface area contributed by atoms with Crippen LogP contribution in [0.4, 0.5) is 10.6 Å². The Balaban J connectivity index is 1.40. The molecule has 2 amide bonds. The summed E-state index contributed by atoms with van der Waals surface area (Å²) in [6, 6.07) is 7.51. The van der Waals surface area contributed by atoms with Crippen LogP contribution in [0.15, 0.2) is 34.9 Å². The molecule has 0 bridgehead atoms. The van der Waals surface area contributed by atoms with Gasteiger partial charge in [0.15, 0.2) is 0 Å². The maximum atomic E-state index is 12.7. The number of pyridine rings is 2. The highest BCUT2D eigenvalue weighted by Crippen LogP contribution is 2.25. The van der Waals surface area contributed by atoms with Crippen LogP contribution >= 0.6 is 34.2 Å². The standard InChI is InChI=1S/C26H26ClIN6O4/c1-13-6-20(32-25(36)38-26(3,4)5)31-14(2)18(13)12-30-23(35)24-34-33-21(37-24)9-15-7-16-10-17(27)11-29-22(16)19(28)8-15/h6-8,10-11H,9,12H2,1-5H3,(H,30,35)(H,31,32,36). The molecule has 3 heterocycles. The molecule has 38 heavy (non-hydrogen) atoms. The van der Waals surface area contributed by atoms with Gasteiger partial charge in [0.05, 0.1) is 17.0 Å². The Bertz CT molecular complexity index is 1510. The Morgan fingerprint density at radius 3 is 2.61 bits per heavy atom. The molecule has 10 nitrogen and oxygen atoms in total. The molecule has 0 spiro atoms. The van der Waals surface area contributed by atoms with Crippen LogP contribution in [0.25, 0.3) is 10.9 Å². The summed E-state index contributed by atoms with van der Waals surface area (Å²) >= 11 is 8.31. The fourth-order valence-corrected chi connectivity index (χ4v) is 4.79. The van der Waals surface area contributed by atoms with Crippen molar-refractivity contribution in [1.29, 1.82) is 0 Å². The van der Waals surface area contributed by atoms with Gasteiger partial charge in [0.25, 0.3) is 0 Å². The average Bonchev–Trinajstić information content (AvgIpc) is 3.25. The van der Waals surface area contributed by atoms with Gasteiger partial charge < -0.3 is 14.5 Å². The number of amides is 2. The summed E-state index contributed by atoms with van der Waals surface area (Å²) < 4.78 is 11.9. The second kappa shape index (κ2) is 11.2. The Morgan fingerprint density at radius 1 is 1.13 bits per heavy atom. The highest BCUT2D eigenvalue weighted by Gasteiger charge is 2.19. The van der Waals surface area contributed by atoms with Crippen LogP contribution in [0.2, 0.25) is 5.02 Å². The molecule has 198 valence electrons. The summed E-state index contributed by atoms with van der Waals surface area (Å²) in [5.41, 5.74) is 3.48. The number of benzene rings is 1. The van der Waals surface area contributed by atoms with Crippen molar-refractivity contribution in [1.82, 2.24) is 25.5 Å². The summed E-state index contributed by atoms with van der Waals surface area (Å²) in [7, 11) is 0. The van der Waals surface area contributed by atoms with Gasteiger partial charge in [0.2, 0.25) is 5.89 Å². The van der Waals surface area contributed by atoms with Gasteiger partial charge in [0, 0.05) is 27.4 Å². The Kier molecular flexibility index (Phi) is 8.16. The zero-order chi connectivity index (χ0) is 27.6. The number of carbonyl (C=O) groups is 2. The first-order chi connectivity index (χ1) is 17.9. The first kappa shape index (κ1) is 27.7. The van der Waals surface area contributed by atoms with Gasteiger partial charge in [-0.2, -0.15) is 0 Å². The second-order valence-corrected chi connectivity index (χ2v) is 11.3. The summed E-state index contributed by atoms with van der Waals surface area (Å²) in [5.74, 6) is 0.0495. The number of ether oxygens (including phenoxy) is 1. The minimum absolute atomic E-state index is 0.133. The summed E-state index contributed by atoms with van der Waals surface area (Å²) in [4.78, 5) is 33.5. The second-order valence-electron chi connectivity index (χ2n) is 9.68. The zero-order valence-corrected chi connectivity index (χ0v) is 24.4. The fourth-order valence-electron chi connectivity index (χ4n) is 3.77. The van der Waals surface area contributed by atoms with E-state index in [9.17, 15) is 9.59 Å². The van der Waals surface area contributed by atoms with Gasteiger partial charge >= 0.3 is 17.9 Å². The number of fused-ring (bicyclic) bond motifs is 1. The molecule has 4 rings (SSSR count). The number of aryl methyl sites for hydroxylation is 2. The van der Waals surface area contributed by atoms with Crippen molar-refractivity contribution in [2.45, 2.75) is 53.2 Å². The Morgan fingerprint density at radius 2 is 1.89 bits per heavy atom. The smallest absolute Gasteiger partial charge is 0.413 e. The minimum atomic E-state index is -0.618. The SMILES string of the molecule is Cc1cc(NC(=O)OC(C)(C)C)nc(C)c1CNC(=O)c1nnc(Cc2cc(I)c3ncc(Cl)cc3c2)o1. The summed E-state index contributed by atoms with van der Waals surface area (Å²) in [6.45, 7) is 9.22. The van der Waals surface area contributed by atoms with Crippen LogP contribution in [0, 0.1) is 17.4 Å². The van der Waals surface area contributed by atoms with E-state index in [1.54, 1.807) is 40.0 Å². The molecule has 0 atom stereocenters. The monoisotopic (exact) mass is 648 g/mol. The topological polar surface area (TPSA) is 132 Å². The Hall–Kier alpha value is -3.32. The van der Waals surface area contributed by atoms with Crippen LogP contribution in [0.5, 0.6) is 0 Å². The van der Waals surface area contributed by atoms with Crippen molar-refractivity contribution < 1.29 is 18.7 Å². The summed E-state index contributed by atoms with van der Waals surface area (Å²) in [6.07, 6.45) is 1.38. The number of halogens is 2. The van der Waals surface area contributed by atoms with Crippen molar-refractivity contribution >= 4 is 62.9 Å². The normalized spacial score (nSPS) is 11.4. The van der Waals surface area contributed by atoms with Gasteiger partial charge in [-0.3, -0.25) is 15.1 Å². The molecule has 2 N–H and O–H groups in total. The molecular formula is C26H26ClIN6O4. The third-order valence-corrected chi connectivity index (χ3v) is 6.42. The number of nitrogens with one attached hydrogen (secondary N) is 2. The highest BCUT2D eigenvalue weighted by atomic mass is 127.